The highest BCUT2D eigenvalue weighted by Gasteiger charge is 2.15. The van der Waals surface area contributed by atoms with Crippen molar-refractivity contribution in [2.75, 3.05) is 5.32 Å². The SMILES string of the molecule is CC(C)c1ccc(-c2nc(=O)n(C(C)C)c3ccc(NCc4ccccc4)cc23)cc1. The van der Waals surface area contributed by atoms with Crippen molar-refractivity contribution in [3.8, 4) is 11.3 Å². The minimum absolute atomic E-state index is 0.0306. The number of aromatic nitrogens is 2. The van der Waals surface area contributed by atoms with Crippen LogP contribution in [0.1, 0.15) is 50.8 Å². The first-order valence-electron chi connectivity index (χ1n) is 10.9. The van der Waals surface area contributed by atoms with E-state index in [1.54, 1.807) is 4.57 Å². The summed E-state index contributed by atoms with van der Waals surface area (Å²) in [6, 6.07) is 24.9. The van der Waals surface area contributed by atoms with Crippen LogP contribution < -0.4 is 11.0 Å². The first-order chi connectivity index (χ1) is 14.9. The van der Waals surface area contributed by atoms with Crippen molar-refractivity contribution >= 4 is 16.6 Å². The molecule has 158 valence electrons. The standard InChI is InChI=1S/C27H29N3O/c1-18(2)21-10-12-22(13-11-21)26-24-16-23(28-17-20-8-6-5-7-9-20)14-15-25(24)30(19(3)4)27(31)29-26/h5-16,18-19,28H,17H2,1-4H3. The molecule has 4 heteroatoms. The summed E-state index contributed by atoms with van der Waals surface area (Å²) in [5, 5.41) is 4.48. The van der Waals surface area contributed by atoms with E-state index in [4.69, 9.17) is 0 Å². The maximum absolute atomic E-state index is 12.9. The van der Waals surface area contributed by atoms with Gasteiger partial charge in [0.15, 0.2) is 0 Å². The van der Waals surface area contributed by atoms with Crippen molar-refractivity contribution in [3.63, 3.8) is 0 Å². The summed E-state index contributed by atoms with van der Waals surface area (Å²) in [6.45, 7) is 9.12. The van der Waals surface area contributed by atoms with Crippen LogP contribution in [0.2, 0.25) is 0 Å². The molecular formula is C27H29N3O. The molecule has 0 aliphatic heterocycles. The highest BCUT2D eigenvalue weighted by atomic mass is 16.1. The Labute approximate surface area is 183 Å². The molecule has 0 radical (unpaired) electrons. The van der Waals surface area contributed by atoms with E-state index in [0.29, 0.717) is 5.92 Å². The zero-order chi connectivity index (χ0) is 22.0. The lowest BCUT2D eigenvalue weighted by molar-refractivity contribution is 0.587. The van der Waals surface area contributed by atoms with Crippen LogP contribution in [0, 0.1) is 0 Å². The fourth-order valence-corrected chi connectivity index (χ4v) is 3.90. The summed E-state index contributed by atoms with van der Waals surface area (Å²) in [5.74, 6) is 0.460. The van der Waals surface area contributed by atoms with Gasteiger partial charge in [-0.05, 0) is 49.1 Å². The summed E-state index contributed by atoms with van der Waals surface area (Å²) < 4.78 is 1.77. The molecule has 4 aromatic rings. The second-order valence-electron chi connectivity index (χ2n) is 8.55. The van der Waals surface area contributed by atoms with Gasteiger partial charge in [-0.1, -0.05) is 68.4 Å². The molecule has 0 saturated heterocycles. The smallest absolute Gasteiger partial charge is 0.348 e. The molecule has 0 aliphatic rings. The Morgan fingerprint density at radius 1 is 0.903 bits per heavy atom. The van der Waals surface area contributed by atoms with E-state index in [1.807, 2.05) is 44.2 Å². The zero-order valence-electron chi connectivity index (χ0n) is 18.6. The topological polar surface area (TPSA) is 46.9 Å². The summed E-state index contributed by atoms with van der Waals surface area (Å²) in [5.41, 5.74) is 5.88. The third kappa shape index (κ3) is 4.38. The Morgan fingerprint density at radius 2 is 1.61 bits per heavy atom. The zero-order valence-corrected chi connectivity index (χ0v) is 18.6. The molecule has 31 heavy (non-hydrogen) atoms. The van der Waals surface area contributed by atoms with Gasteiger partial charge in [-0.15, -0.1) is 0 Å². The average molecular weight is 412 g/mol. The lowest BCUT2D eigenvalue weighted by atomic mass is 9.99. The largest absolute Gasteiger partial charge is 0.381 e. The quantitative estimate of drug-likeness (QED) is 0.400. The number of nitrogens with zero attached hydrogens (tertiary/aromatic N) is 2. The van der Waals surface area contributed by atoms with Crippen LogP contribution in [0.25, 0.3) is 22.2 Å². The van der Waals surface area contributed by atoms with Gasteiger partial charge in [0.25, 0.3) is 0 Å². The monoisotopic (exact) mass is 411 g/mol. The molecule has 1 aromatic heterocycles. The summed E-state index contributed by atoms with van der Waals surface area (Å²) in [7, 11) is 0. The molecule has 4 nitrogen and oxygen atoms in total. The Balaban J connectivity index is 1.81. The maximum atomic E-state index is 12.9. The fraction of sp³-hybridized carbons (Fsp3) is 0.259. The number of hydrogen-bond acceptors (Lipinski definition) is 3. The molecule has 0 aliphatic carbocycles. The van der Waals surface area contributed by atoms with E-state index in [2.05, 4.69) is 66.6 Å². The van der Waals surface area contributed by atoms with E-state index in [1.165, 1.54) is 11.1 Å². The van der Waals surface area contributed by atoms with Crippen molar-refractivity contribution < 1.29 is 0 Å². The molecule has 0 saturated carbocycles. The normalized spacial score (nSPS) is 11.4. The third-order valence-electron chi connectivity index (χ3n) is 5.63. The predicted octanol–water partition coefficient (Wildman–Crippen LogP) is 6.38. The van der Waals surface area contributed by atoms with Gasteiger partial charge in [-0.2, -0.15) is 4.98 Å². The second kappa shape index (κ2) is 8.76. The van der Waals surface area contributed by atoms with Crippen molar-refractivity contribution in [2.24, 2.45) is 0 Å². The minimum Gasteiger partial charge on any atom is -0.381 e. The summed E-state index contributed by atoms with van der Waals surface area (Å²) in [4.78, 5) is 17.4. The molecule has 0 atom stereocenters. The summed E-state index contributed by atoms with van der Waals surface area (Å²) >= 11 is 0. The van der Waals surface area contributed by atoms with E-state index in [-0.39, 0.29) is 11.7 Å². The number of benzene rings is 3. The van der Waals surface area contributed by atoms with Crippen LogP contribution in [-0.4, -0.2) is 9.55 Å². The first kappa shape index (κ1) is 20.9. The molecule has 0 bridgehead atoms. The number of rotatable bonds is 6. The Bertz CT molecular complexity index is 1240. The van der Waals surface area contributed by atoms with Crippen LogP contribution in [0.15, 0.2) is 77.6 Å². The molecule has 0 amide bonds. The molecule has 0 spiro atoms. The van der Waals surface area contributed by atoms with Crippen LogP contribution in [0.5, 0.6) is 0 Å². The van der Waals surface area contributed by atoms with Gasteiger partial charge < -0.3 is 5.32 Å². The van der Waals surface area contributed by atoms with E-state index in [0.717, 1.165) is 34.4 Å². The maximum Gasteiger partial charge on any atom is 0.348 e. The van der Waals surface area contributed by atoms with Crippen molar-refractivity contribution in [3.05, 3.63) is 94.4 Å². The predicted molar refractivity (Wildman–Crippen MR) is 130 cm³/mol. The van der Waals surface area contributed by atoms with Gasteiger partial charge in [-0.25, -0.2) is 4.79 Å². The lowest BCUT2D eigenvalue weighted by Gasteiger charge is -2.17. The van der Waals surface area contributed by atoms with Crippen molar-refractivity contribution in [1.29, 1.82) is 0 Å². The molecule has 1 N–H and O–H groups in total. The lowest BCUT2D eigenvalue weighted by Crippen LogP contribution is -2.25. The molecule has 0 unspecified atom stereocenters. The molecule has 0 fully saturated rings. The van der Waals surface area contributed by atoms with Gasteiger partial charge in [0.1, 0.15) is 0 Å². The Hall–Kier alpha value is -3.40. The van der Waals surface area contributed by atoms with Crippen LogP contribution in [-0.2, 0) is 6.54 Å². The Morgan fingerprint density at radius 3 is 2.26 bits per heavy atom. The summed E-state index contributed by atoms with van der Waals surface area (Å²) in [6.07, 6.45) is 0. The number of hydrogen-bond donors (Lipinski definition) is 1. The first-order valence-corrected chi connectivity index (χ1v) is 10.9. The van der Waals surface area contributed by atoms with Crippen molar-refractivity contribution in [1.82, 2.24) is 9.55 Å². The van der Waals surface area contributed by atoms with Crippen molar-refractivity contribution in [2.45, 2.75) is 46.2 Å². The van der Waals surface area contributed by atoms with Gasteiger partial charge >= 0.3 is 5.69 Å². The van der Waals surface area contributed by atoms with Crippen LogP contribution in [0.4, 0.5) is 5.69 Å². The highest BCUT2D eigenvalue weighted by molar-refractivity contribution is 5.94. The fourth-order valence-electron chi connectivity index (χ4n) is 3.90. The van der Waals surface area contributed by atoms with Gasteiger partial charge in [0.2, 0.25) is 0 Å². The van der Waals surface area contributed by atoms with Gasteiger partial charge in [0, 0.05) is 29.2 Å². The molecule has 3 aromatic carbocycles. The number of fused-ring (bicyclic) bond motifs is 1. The van der Waals surface area contributed by atoms with Crippen LogP contribution in [0.3, 0.4) is 0 Å². The average Bonchev–Trinajstić information content (AvgIpc) is 2.77. The Kier molecular flexibility index (Phi) is 5.90. The molecular weight excluding hydrogens is 382 g/mol. The second-order valence-corrected chi connectivity index (χ2v) is 8.55. The van der Waals surface area contributed by atoms with E-state index >= 15 is 0 Å². The molecule has 4 rings (SSSR count). The minimum atomic E-state index is -0.213. The van der Waals surface area contributed by atoms with Gasteiger partial charge in [0.05, 0.1) is 11.2 Å². The third-order valence-corrected chi connectivity index (χ3v) is 5.63. The highest BCUT2D eigenvalue weighted by Crippen LogP contribution is 2.30. The van der Waals surface area contributed by atoms with E-state index < -0.39 is 0 Å². The number of nitrogens with one attached hydrogen (secondary N) is 1. The molecule has 1 heterocycles. The van der Waals surface area contributed by atoms with Crippen LogP contribution >= 0.6 is 0 Å². The number of anilines is 1. The van der Waals surface area contributed by atoms with Gasteiger partial charge in [-0.3, -0.25) is 4.57 Å². The van der Waals surface area contributed by atoms with E-state index in [9.17, 15) is 4.79 Å².